The van der Waals surface area contributed by atoms with Crippen molar-refractivity contribution >= 4 is 46.6 Å². The maximum atomic E-state index is 5.73. The molecule has 11 heavy (non-hydrogen) atoms. The van der Waals surface area contributed by atoms with Crippen molar-refractivity contribution in [2.24, 2.45) is 0 Å². The summed E-state index contributed by atoms with van der Waals surface area (Å²) < 4.78 is 0. The van der Waals surface area contributed by atoms with E-state index in [1.54, 1.807) is 0 Å². The van der Waals surface area contributed by atoms with E-state index < -0.39 is 0 Å². The normalized spacial score (nSPS) is 10.2. The molecule has 0 saturated heterocycles. The largest absolute Gasteiger partial charge is 0.224 e. The third-order valence-electron chi connectivity index (χ3n) is 0.946. The van der Waals surface area contributed by atoms with E-state index in [1.165, 1.54) is 11.8 Å². The molecule has 0 bridgehead atoms. The summed E-state index contributed by atoms with van der Waals surface area (Å²) in [5.41, 5.74) is 0. The highest BCUT2D eigenvalue weighted by Gasteiger charge is 2.08. The van der Waals surface area contributed by atoms with Crippen LogP contribution in [0.4, 0.5) is 0 Å². The highest BCUT2D eigenvalue weighted by molar-refractivity contribution is 7.98. The Labute approximate surface area is 83.3 Å². The molecule has 0 spiro atoms. The Balaban J connectivity index is 3.24. The van der Waals surface area contributed by atoms with Crippen LogP contribution in [0.25, 0.3) is 0 Å². The monoisotopic (exact) mass is 228 g/mol. The predicted octanol–water partition coefficient (Wildman–Crippen LogP) is 3.16. The molecule has 0 unspecified atom stereocenters. The summed E-state index contributed by atoms with van der Waals surface area (Å²) in [6, 6.07) is 0. The summed E-state index contributed by atoms with van der Waals surface area (Å²) in [6.07, 6.45) is 1.83. The molecule has 0 fully saturated rings. The summed E-state index contributed by atoms with van der Waals surface area (Å²) in [4.78, 5) is 7.51. The van der Waals surface area contributed by atoms with Crippen LogP contribution >= 0.6 is 46.6 Å². The second-order valence-corrected chi connectivity index (χ2v) is 3.48. The van der Waals surface area contributed by atoms with Crippen LogP contribution in [0.1, 0.15) is 0 Å². The molecule has 1 heterocycles. The first kappa shape index (κ1) is 9.39. The summed E-state index contributed by atoms with van der Waals surface area (Å²) in [5.74, 6) is 0. The van der Waals surface area contributed by atoms with Crippen LogP contribution in [0.2, 0.25) is 15.5 Å². The lowest BCUT2D eigenvalue weighted by Gasteiger charge is -2.00. The quantitative estimate of drug-likeness (QED) is 0.420. The zero-order valence-electron chi connectivity index (χ0n) is 5.44. The van der Waals surface area contributed by atoms with Crippen molar-refractivity contribution in [2.75, 3.05) is 6.26 Å². The van der Waals surface area contributed by atoms with Crippen LogP contribution in [-0.4, -0.2) is 16.2 Å². The van der Waals surface area contributed by atoms with E-state index >= 15 is 0 Å². The summed E-state index contributed by atoms with van der Waals surface area (Å²) >= 11 is 18.2. The molecule has 0 aliphatic carbocycles. The number of aromatic nitrogens is 2. The van der Waals surface area contributed by atoms with Gasteiger partial charge in [-0.15, -0.1) is 11.8 Å². The Kier molecular flexibility index (Phi) is 3.25. The predicted molar refractivity (Wildman–Crippen MR) is 48.8 cm³/mol. The van der Waals surface area contributed by atoms with Crippen molar-refractivity contribution in [1.82, 2.24) is 9.97 Å². The van der Waals surface area contributed by atoms with Crippen LogP contribution in [0, 0.1) is 0 Å². The third kappa shape index (κ3) is 2.12. The van der Waals surface area contributed by atoms with Gasteiger partial charge in [0.25, 0.3) is 0 Å². The second kappa shape index (κ2) is 3.81. The standard InChI is InChI=1S/C5H3Cl3N2S/c1-11-4-2(6)3(7)9-5(8)10-4/h1H3. The molecule has 0 aliphatic heterocycles. The smallest absolute Gasteiger partial charge is 0.210 e. The van der Waals surface area contributed by atoms with Crippen molar-refractivity contribution in [1.29, 1.82) is 0 Å². The first-order valence-corrected chi connectivity index (χ1v) is 4.93. The molecule has 1 rings (SSSR count). The Morgan fingerprint density at radius 3 is 2.36 bits per heavy atom. The number of rotatable bonds is 1. The van der Waals surface area contributed by atoms with E-state index in [9.17, 15) is 0 Å². The minimum absolute atomic E-state index is 0.115. The van der Waals surface area contributed by atoms with Gasteiger partial charge in [0.05, 0.1) is 0 Å². The molecule has 6 heteroatoms. The van der Waals surface area contributed by atoms with E-state index in [0.29, 0.717) is 10.0 Å². The van der Waals surface area contributed by atoms with Crippen LogP contribution in [0.15, 0.2) is 5.03 Å². The molecule has 0 saturated carbocycles. The highest BCUT2D eigenvalue weighted by atomic mass is 35.5. The fourth-order valence-electron chi connectivity index (χ4n) is 0.511. The van der Waals surface area contributed by atoms with Crippen molar-refractivity contribution < 1.29 is 0 Å². The summed E-state index contributed by atoms with van der Waals surface area (Å²) in [7, 11) is 0. The number of hydrogen-bond acceptors (Lipinski definition) is 3. The van der Waals surface area contributed by atoms with Gasteiger partial charge in [0.1, 0.15) is 10.0 Å². The third-order valence-corrected chi connectivity index (χ3v) is 2.64. The van der Waals surface area contributed by atoms with Crippen LogP contribution < -0.4 is 0 Å². The van der Waals surface area contributed by atoms with E-state index in [1.807, 2.05) is 6.26 Å². The van der Waals surface area contributed by atoms with Crippen molar-refractivity contribution in [2.45, 2.75) is 5.03 Å². The van der Waals surface area contributed by atoms with E-state index in [0.717, 1.165) is 0 Å². The second-order valence-electron chi connectivity index (χ2n) is 1.61. The molecule has 1 aromatic heterocycles. The van der Waals surface area contributed by atoms with Gasteiger partial charge < -0.3 is 0 Å². The molecule has 0 aliphatic rings. The van der Waals surface area contributed by atoms with Gasteiger partial charge in [-0.1, -0.05) is 23.2 Å². The fraction of sp³-hybridized carbons (Fsp3) is 0.200. The molecule has 0 N–H and O–H groups in total. The maximum absolute atomic E-state index is 5.73. The van der Waals surface area contributed by atoms with Crippen LogP contribution in [0.3, 0.4) is 0 Å². The summed E-state index contributed by atoms with van der Waals surface area (Å²) in [5, 5.41) is 1.25. The van der Waals surface area contributed by atoms with Gasteiger partial charge in [0.2, 0.25) is 5.28 Å². The van der Waals surface area contributed by atoms with E-state index in [2.05, 4.69) is 9.97 Å². The lowest BCUT2D eigenvalue weighted by molar-refractivity contribution is 1.05. The molecule has 1 aromatic rings. The number of halogens is 3. The lowest BCUT2D eigenvalue weighted by Crippen LogP contribution is -1.87. The average molecular weight is 230 g/mol. The first-order chi connectivity index (χ1) is 5.15. The number of thioether (sulfide) groups is 1. The van der Waals surface area contributed by atoms with Crippen molar-refractivity contribution in [3.05, 3.63) is 15.5 Å². The highest BCUT2D eigenvalue weighted by Crippen LogP contribution is 2.29. The molecule has 2 nitrogen and oxygen atoms in total. The molecule has 0 aromatic carbocycles. The Morgan fingerprint density at radius 1 is 1.18 bits per heavy atom. The minimum atomic E-state index is 0.115. The van der Waals surface area contributed by atoms with Gasteiger partial charge >= 0.3 is 0 Å². The van der Waals surface area contributed by atoms with Gasteiger partial charge in [0, 0.05) is 0 Å². The zero-order chi connectivity index (χ0) is 8.43. The SMILES string of the molecule is CSc1nc(Cl)nc(Cl)c1Cl. The van der Waals surface area contributed by atoms with Gasteiger partial charge in [-0.25, -0.2) is 9.97 Å². The van der Waals surface area contributed by atoms with Gasteiger partial charge in [-0.3, -0.25) is 0 Å². The topological polar surface area (TPSA) is 25.8 Å². The Hall–Kier alpha value is 0.300. The zero-order valence-corrected chi connectivity index (χ0v) is 8.52. The van der Waals surface area contributed by atoms with Gasteiger partial charge in [-0.05, 0) is 17.9 Å². The molecule has 0 amide bonds. The number of hydrogen-bond donors (Lipinski definition) is 0. The van der Waals surface area contributed by atoms with Crippen molar-refractivity contribution in [3.8, 4) is 0 Å². The Morgan fingerprint density at radius 2 is 1.82 bits per heavy atom. The molecule has 0 radical (unpaired) electrons. The average Bonchev–Trinajstić information content (AvgIpc) is 1.96. The summed E-state index contributed by atoms with van der Waals surface area (Å²) in [6.45, 7) is 0. The molecule has 0 atom stereocenters. The molecular formula is C5H3Cl3N2S. The first-order valence-electron chi connectivity index (χ1n) is 2.57. The minimum Gasteiger partial charge on any atom is -0.210 e. The number of nitrogens with zero attached hydrogens (tertiary/aromatic N) is 2. The Bertz CT molecular complexity index is 279. The molecular weight excluding hydrogens is 226 g/mol. The van der Waals surface area contributed by atoms with Gasteiger partial charge in [0.15, 0.2) is 5.15 Å². The molecule has 60 valence electrons. The van der Waals surface area contributed by atoms with E-state index in [-0.39, 0.29) is 10.4 Å². The van der Waals surface area contributed by atoms with Crippen LogP contribution in [-0.2, 0) is 0 Å². The lowest BCUT2D eigenvalue weighted by atomic mass is 10.7. The van der Waals surface area contributed by atoms with Crippen LogP contribution in [0.5, 0.6) is 0 Å². The maximum Gasteiger partial charge on any atom is 0.224 e. The van der Waals surface area contributed by atoms with Gasteiger partial charge in [-0.2, -0.15) is 0 Å². The fourth-order valence-corrected chi connectivity index (χ4v) is 1.77. The van der Waals surface area contributed by atoms with Crippen molar-refractivity contribution in [3.63, 3.8) is 0 Å². The van der Waals surface area contributed by atoms with E-state index in [4.69, 9.17) is 34.8 Å².